The van der Waals surface area contributed by atoms with E-state index in [2.05, 4.69) is 46.3 Å². The van der Waals surface area contributed by atoms with Crippen molar-refractivity contribution in [2.45, 2.75) is 58.0 Å². The van der Waals surface area contributed by atoms with Gasteiger partial charge in [0, 0.05) is 44.7 Å². The molecule has 1 aromatic rings. The number of piperazine rings is 1. The van der Waals surface area contributed by atoms with E-state index in [1.165, 1.54) is 43.2 Å². The first-order valence-electron chi connectivity index (χ1n) is 11.0. The van der Waals surface area contributed by atoms with Gasteiger partial charge in [-0.1, -0.05) is 42.7 Å². The van der Waals surface area contributed by atoms with Gasteiger partial charge in [0.15, 0.2) is 0 Å². The van der Waals surface area contributed by atoms with Crippen LogP contribution in [-0.4, -0.2) is 54.5 Å². The van der Waals surface area contributed by atoms with E-state index in [0.717, 1.165) is 45.7 Å². The molecule has 1 aromatic carbocycles. The van der Waals surface area contributed by atoms with Crippen molar-refractivity contribution in [2.75, 3.05) is 32.7 Å². The van der Waals surface area contributed by atoms with E-state index < -0.39 is 0 Å². The Kier molecular flexibility index (Phi) is 6.14. The molecule has 3 aliphatic rings. The number of fused-ring (bicyclic) bond motifs is 1. The molecule has 1 saturated carbocycles. The third kappa shape index (κ3) is 4.72. The van der Waals surface area contributed by atoms with Crippen LogP contribution in [0.3, 0.4) is 0 Å². The van der Waals surface area contributed by atoms with Crippen LogP contribution in [0.25, 0.3) is 0 Å². The van der Waals surface area contributed by atoms with Gasteiger partial charge in [-0.3, -0.25) is 9.69 Å². The predicted octanol–water partition coefficient (Wildman–Crippen LogP) is 3.20. The van der Waals surface area contributed by atoms with Crippen LogP contribution in [0.4, 0.5) is 0 Å². The molecule has 4 rings (SSSR count). The zero-order valence-electron chi connectivity index (χ0n) is 16.8. The third-order valence-electron chi connectivity index (χ3n) is 6.98. The summed E-state index contributed by atoms with van der Waals surface area (Å²) in [7, 11) is 0. The maximum Gasteiger partial charge on any atom is 0.223 e. The Hall–Kier alpha value is -1.39. The predicted molar refractivity (Wildman–Crippen MR) is 110 cm³/mol. The molecule has 27 heavy (non-hydrogen) atoms. The summed E-state index contributed by atoms with van der Waals surface area (Å²) in [6.07, 6.45) is 7.31. The molecule has 4 heteroatoms. The maximum absolute atomic E-state index is 12.3. The van der Waals surface area contributed by atoms with Crippen LogP contribution in [0.15, 0.2) is 24.3 Å². The molecule has 4 nitrogen and oxygen atoms in total. The fourth-order valence-corrected chi connectivity index (χ4v) is 5.31. The molecular formula is C23H35N3O. The van der Waals surface area contributed by atoms with Gasteiger partial charge >= 0.3 is 0 Å². The highest BCUT2D eigenvalue weighted by atomic mass is 16.2. The average Bonchev–Trinajstić information content (AvgIpc) is 3.00. The molecule has 2 heterocycles. The first-order chi connectivity index (χ1) is 13.2. The molecule has 3 fully saturated rings. The van der Waals surface area contributed by atoms with Gasteiger partial charge in [0.2, 0.25) is 5.91 Å². The third-order valence-corrected chi connectivity index (χ3v) is 6.98. The molecule has 148 valence electrons. The summed E-state index contributed by atoms with van der Waals surface area (Å²) in [5, 5.41) is 3.27. The number of aryl methyl sites for hydroxylation is 1. The number of nitrogens with one attached hydrogen (secondary N) is 1. The topological polar surface area (TPSA) is 35.6 Å². The molecule has 3 atom stereocenters. The van der Waals surface area contributed by atoms with E-state index in [0.29, 0.717) is 17.9 Å². The smallest absolute Gasteiger partial charge is 0.223 e. The Balaban J connectivity index is 1.16. The molecule has 0 bridgehead atoms. The highest BCUT2D eigenvalue weighted by molar-refractivity contribution is 5.81. The lowest BCUT2D eigenvalue weighted by Crippen LogP contribution is -2.46. The van der Waals surface area contributed by atoms with Crippen molar-refractivity contribution in [3.63, 3.8) is 0 Å². The van der Waals surface area contributed by atoms with Gasteiger partial charge in [0.1, 0.15) is 0 Å². The second kappa shape index (κ2) is 8.74. The van der Waals surface area contributed by atoms with Crippen molar-refractivity contribution >= 4 is 5.91 Å². The molecule has 0 radical (unpaired) electrons. The summed E-state index contributed by atoms with van der Waals surface area (Å²) in [6.45, 7) is 9.00. The van der Waals surface area contributed by atoms with Crippen LogP contribution in [0.1, 0.15) is 49.7 Å². The Labute approximate surface area is 164 Å². The lowest BCUT2D eigenvalue weighted by atomic mass is 9.78. The lowest BCUT2D eigenvalue weighted by Gasteiger charge is -2.35. The van der Waals surface area contributed by atoms with Gasteiger partial charge in [-0.15, -0.1) is 0 Å². The second-order valence-corrected chi connectivity index (χ2v) is 8.92. The van der Waals surface area contributed by atoms with Crippen molar-refractivity contribution in [1.82, 2.24) is 15.1 Å². The standard InChI is InChI=1S/C23H35N3O/c1-18-8-10-19(11-9-18)17-26-15-13-25(14-16-26)12-4-6-21-20-5-2-3-7-22(20)24-23(21)27/h8-11,20-22H,2-7,12-17H2,1H3,(H,24,27). The molecule has 2 saturated heterocycles. The molecule has 1 N–H and O–H groups in total. The van der Waals surface area contributed by atoms with Crippen molar-refractivity contribution in [2.24, 2.45) is 11.8 Å². The Bertz CT molecular complexity index is 621. The number of carbonyl (C=O) groups excluding carboxylic acids is 1. The minimum absolute atomic E-state index is 0.290. The second-order valence-electron chi connectivity index (χ2n) is 8.92. The Morgan fingerprint density at radius 3 is 2.48 bits per heavy atom. The molecule has 0 aromatic heterocycles. The number of amides is 1. The minimum Gasteiger partial charge on any atom is -0.353 e. The number of benzene rings is 1. The van der Waals surface area contributed by atoms with E-state index in [1.807, 2.05) is 0 Å². The monoisotopic (exact) mass is 369 g/mol. The largest absolute Gasteiger partial charge is 0.353 e. The van der Waals surface area contributed by atoms with Gasteiger partial charge in [0.25, 0.3) is 0 Å². The van der Waals surface area contributed by atoms with Crippen LogP contribution < -0.4 is 5.32 Å². The summed E-state index contributed by atoms with van der Waals surface area (Å²) < 4.78 is 0. The van der Waals surface area contributed by atoms with Crippen molar-refractivity contribution in [3.8, 4) is 0 Å². The van der Waals surface area contributed by atoms with E-state index in [4.69, 9.17) is 0 Å². The summed E-state index contributed by atoms with van der Waals surface area (Å²) in [4.78, 5) is 17.5. The normalized spacial score (nSPS) is 29.5. The molecule has 1 aliphatic carbocycles. The molecular weight excluding hydrogens is 334 g/mol. The Morgan fingerprint density at radius 1 is 1.00 bits per heavy atom. The SMILES string of the molecule is Cc1ccc(CN2CCN(CCCC3C(=O)NC4CCCCC43)CC2)cc1. The van der Waals surface area contributed by atoms with E-state index in [1.54, 1.807) is 0 Å². The van der Waals surface area contributed by atoms with Crippen LogP contribution in [-0.2, 0) is 11.3 Å². The molecule has 0 spiro atoms. The van der Waals surface area contributed by atoms with E-state index in [-0.39, 0.29) is 5.92 Å². The zero-order chi connectivity index (χ0) is 18.6. The zero-order valence-corrected chi connectivity index (χ0v) is 16.8. The highest BCUT2D eigenvalue weighted by Gasteiger charge is 2.42. The van der Waals surface area contributed by atoms with Crippen LogP contribution in [0.5, 0.6) is 0 Å². The first-order valence-corrected chi connectivity index (χ1v) is 11.0. The summed E-state index contributed by atoms with van der Waals surface area (Å²) in [5.41, 5.74) is 2.75. The van der Waals surface area contributed by atoms with Gasteiger partial charge < -0.3 is 10.2 Å². The van der Waals surface area contributed by atoms with Gasteiger partial charge in [-0.05, 0) is 50.6 Å². The maximum atomic E-state index is 12.3. The lowest BCUT2D eigenvalue weighted by molar-refractivity contribution is -0.123. The van der Waals surface area contributed by atoms with Crippen molar-refractivity contribution < 1.29 is 4.79 Å². The number of rotatable bonds is 6. The van der Waals surface area contributed by atoms with Gasteiger partial charge in [0.05, 0.1) is 0 Å². The number of hydrogen-bond donors (Lipinski definition) is 1. The average molecular weight is 370 g/mol. The molecule has 3 unspecified atom stereocenters. The van der Waals surface area contributed by atoms with Crippen LogP contribution in [0, 0.1) is 18.8 Å². The molecule has 2 aliphatic heterocycles. The fraction of sp³-hybridized carbons (Fsp3) is 0.696. The fourth-order valence-electron chi connectivity index (χ4n) is 5.31. The first kappa shape index (κ1) is 18.9. The van der Waals surface area contributed by atoms with E-state index in [9.17, 15) is 4.79 Å². The quantitative estimate of drug-likeness (QED) is 0.836. The van der Waals surface area contributed by atoms with Crippen LogP contribution >= 0.6 is 0 Å². The highest BCUT2D eigenvalue weighted by Crippen LogP contribution is 2.37. The summed E-state index contributed by atoms with van der Waals surface area (Å²) in [5.74, 6) is 1.26. The minimum atomic E-state index is 0.290. The number of nitrogens with zero attached hydrogens (tertiary/aromatic N) is 2. The van der Waals surface area contributed by atoms with Gasteiger partial charge in [-0.2, -0.15) is 0 Å². The number of hydrogen-bond acceptors (Lipinski definition) is 3. The van der Waals surface area contributed by atoms with Crippen molar-refractivity contribution in [3.05, 3.63) is 35.4 Å². The van der Waals surface area contributed by atoms with E-state index >= 15 is 0 Å². The van der Waals surface area contributed by atoms with Crippen molar-refractivity contribution in [1.29, 1.82) is 0 Å². The molecule has 1 amide bonds. The van der Waals surface area contributed by atoms with Crippen LogP contribution in [0.2, 0.25) is 0 Å². The summed E-state index contributed by atoms with van der Waals surface area (Å²) >= 11 is 0. The number of carbonyl (C=O) groups is 1. The summed E-state index contributed by atoms with van der Waals surface area (Å²) in [6, 6.07) is 9.42. The Morgan fingerprint density at radius 2 is 1.70 bits per heavy atom. The van der Waals surface area contributed by atoms with Gasteiger partial charge in [-0.25, -0.2) is 0 Å².